The van der Waals surface area contributed by atoms with Crippen molar-refractivity contribution < 1.29 is 19.1 Å². The minimum absolute atomic E-state index is 0.0107. The molecule has 0 aliphatic carbocycles. The van der Waals surface area contributed by atoms with Crippen molar-refractivity contribution >= 4 is 23.5 Å². The van der Waals surface area contributed by atoms with Crippen molar-refractivity contribution in [3.63, 3.8) is 0 Å². The van der Waals surface area contributed by atoms with Gasteiger partial charge in [0.1, 0.15) is 11.3 Å². The third-order valence-corrected chi connectivity index (χ3v) is 2.94. The van der Waals surface area contributed by atoms with E-state index in [4.69, 9.17) is 4.74 Å². The Morgan fingerprint density at radius 2 is 1.95 bits per heavy atom. The second kappa shape index (κ2) is 6.83. The lowest BCUT2D eigenvalue weighted by Gasteiger charge is -2.20. The molecule has 118 valence electrons. The van der Waals surface area contributed by atoms with Crippen molar-refractivity contribution in [2.45, 2.75) is 53.1 Å². The Morgan fingerprint density at radius 1 is 1.33 bits per heavy atom. The van der Waals surface area contributed by atoms with Gasteiger partial charge in [-0.05, 0) is 27.2 Å². The second-order valence-corrected chi connectivity index (χ2v) is 6.48. The fourth-order valence-electron chi connectivity index (χ4n) is 1.95. The molecule has 1 heterocycles. The van der Waals surface area contributed by atoms with Crippen molar-refractivity contribution in [3.8, 4) is 0 Å². The third-order valence-electron chi connectivity index (χ3n) is 2.94. The van der Waals surface area contributed by atoms with E-state index in [1.807, 2.05) is 0 Å². The molecule has 1 aliphatic rings. The first-order valence-electron chi connectivity index (χ1n) is 7.22. The Bertz CT molecular complexity index is 461. The lowest BCUT2D eigenvalue weighted by atomic mass is 10.0. The predicted molar refractivity (Wildman–Crippen MR) is 79.3 cm³/mol. The van der Waals surface area contributed by atoms with Gasteiger partial charge in [-0.2, -0.15) is 4.99 Å². The van der Waals surface area contributed by atoms with Gasteiger partial charge in [0, 0.05) is 18.9 Å². The number of rotatable bonds is 4. The number of Topliss-reactive ketones (excluding diaryl/α,β-unsaturated/α-hetero) is 1. The minimum atomic E-state index is -0.793. The van der Waals surface area contributed by atoms with Crippen LogP contribution in [0.15, 0.2) is 4.99 Å². The maximum Gasteiger partial charge on any atom is 0.434 e. The van der Waals surface area contributed by atoms with Crippen molar-refractivity contribution in [1.29, 1.82) is 0 Å². The molecule has 2 amide bonds. The molecule has 0 aromatic rings. The molecule has 6 nitrogen and oxygen atoms in total. The second-order valence-electron chi connectivity index (χ2n) is 6.48. The summed E-state index contributed by atoms with van der Waals surface area (Å²) in [4.78, 5) is 41.0. The molecule has 0 saturated carbocycles. The average Bonchev–Trinajstić information content (AvgIpc) is 2.70. The van der Waals surface area contributed by atoms with Crippen LogP contribution in [0.4, 0.5) is 4.79 Å². The van der Waals surface area contributed by atoms with Crippen LogP contribution >= 0.6 is 0 Å². The highest BCUT2D eigenvalue weighted by Gasteiger charge is 2.26. The Balaban J connectivity index is 2.88. The first-order chi connectivity index (χ1) is 9.60. The highest BCUT2D eigenvalue weighted by molar-refractivity contribution is 6.42. The number of hydrogen-bond acceptors (Lipinski definition) is 4. The molecular formula is C15H24N2O4. The molecule has 1 rings (SSSR count). The summed E-state index contributed by atoms with van der Waals surface area (Å²) in [5.41, 5.74) is -0.578. The summed E-state index contributed by atoms with van der Waals surface area (Å²) in [6, 6.07) is 0. The van der Waals surface area contributed by atoms with E-state index in [0.717, 1.165) is 6.42 Å². The minimum Gasteiger partial charge on any atom is -0.442 e. The number of carbonyl (C=O) groups excluding carboxylic acids is 3. The summed E-state index contributed by atoms with van der Waals surface area (Å²) in [5.74, 6) is -0.534. The van der Waals surface area contributed by atoms with Crippen LogP contribution < -0.4 is 0 Å². The Morgan fingerprint density at radius 3 is 2.38 bits per heavy atom. The Labute approximate surface area is 125 Å². The summed E-state index contributed by atoms with van der Waals surface area (Å²) >= 11 is 0. The molecular weight excluding hydrogens is 272 g/mol. The monoisotopic (exact) mass is 296 g/mol. The van der Waals surface area contributed by atoms with Crippen LogP contribution in [0, 0.1) is 5.92 Å². The van der Waals surface area contributed by atoms with Gasteiger partial charge in [-0.25, -0.2) is 4.79 Å². The van der Waals surface area contributed by atoms with E-state index < -0.39 is 11.7 Å². The zero-order chi connectivity index (χ0) is 16.2. The highest BCUT2D eigenvalue weighted by atomic mass is 16.6. The highest BCUT2D eigenvalue weighted by Crippen LogP contribution is 2.12. The summed E-state index contributed by atoms with van der Waals surface area (Å²) in [6.07, 6.45) is 0.461. The first kappa shape index (κ1) is 17.3. The summed E-state index contributed by atoms with van der Waals surface area (Å²) in [6.45, 7) is 9.33. The van der Waals surface area contributed by atoms with E-state index in [0.29, 0.717) is 13.0 Å². The average molecular weight is 296 g/mol. The molecule has 0 spiro atoms. The van der Waals surface area contributed by atoms with Crippen molar-refractivity contribution in [2.24, 2.45) is 10.9 Å². The van der Waals surface area contributed by atoms with Crippen LogP contribution in [0.5, 0.6) is 0 Å². The number of ether oxygens (including phenoxy) is 1. The van der Waals surface area contributed by atoms with Crippen molar-refractivity contribution in [2.75, 3.05) is 13.1 Å². The quantitative estimate of drug-likeness (QED) is 0.745. The van der Waals surface area contributed by atoms with Gasteiger partial charge in [-0.3, -0.25) is 9.59 Å². The standard InChI is InChI=1S/C15H24N2O4/c1-10(2)13(19)11(9-17-8-6-7-12(17)18)16-14(20)21-15(3,4)5/h10H,6-9H2,1-5H3. The molecule has 6 heteroatoms. The number of carbonyl (C=O) groups is 3. The van der Waals surface area contributed by atoms with Gasteiger partial charge >= 0.3 is 6.09 Å². The lowest BCUT2D eigenvalue weighted by molar-refractivity contribution is -0.127. The van der Waals surface area contributed by atoms with Crippen LogP contribution in [0.2, 0.25) is 0 Å². The zero-order valence-electron chi connectivity index (χ0n) is 13.4. The number of amides is 2. The molecule has 0 unspecified atom stereocenters. The van der Waals surface area contributed by atoms with E-state index in [2.05, 4.69) is 4.99 Å². The zero-order valence-corrected chi connectivity index (χ0v) is 13.4. The Hall–Kier alpha value is -1.72. The number of aliphatic imine (C=N–C) groups is 1. The maximum atomic E-state index is 12.2. The van der Waals surface area contributed by atoms with Crippen molar-refractivity contribution in [3.05, 3.63) is 0 Å². The molecule has 0 N–H and O–H groups in total. The van der Waals surface area contributed by atoms with E-state index in [1.54, 1.807) is 39.5 Å². The molecule has 0 bridgehead atoms. The summed E-state index contributed by atoms with van der Waals surface area (Å²) in [7, 11) is 0. The molecule has 0 aromatic carbocycles. The molecule has 1 saturated heterocycles. The molecule has 1 aliphatic heterocycles. The van der Waals surface area contributed by atoms with Gasteiger partial charge in [0.15, 0.2) is 5.78 Å². The van der Waals surface area contributed by atoms with Gasteiger partial charge in [-0.15, -0.1) is 0 Å². The van der Waals surface area contributed by atoms with Crippen LogP contribution in [-0.2, 0) is 14.3 Å². The SMILES string of the molecule is CC(C)C(=O)C(CN1CCCC1=O)=NC(=O)OC(C)(C)C. The first-order valence-corrected chi connectivity index (χ1v) is 7.22. The molecule has 0 aromatic heterocycles. The number of likely N-dealkylation sites (tertiary alicyclic amines) is 1. The number of ketones is 1. The predicted octanol–water partition coefficient (Wildman–Crippen LogP) is 2.21. The number of hydrogen-bond donors (Lipinski definition) is 0. The number of nitrogens with zero attached hydrogens (tertiary/aromatic N) is 2. The van der Waals surface area contributed by atoms with Crippen LogP contribution in [0.3, 0.4) is 0 Å². The van der Waals surface area contributed by atoms with Crippen LogP contribution in [0.25, 0.3) is 0 Å². The Kier molecular flexibility index (Phi) is 5.63. The molecule has 1 fully saturated rings. The largest absolute Gasteiger partial charge is 0.442 e. The van der Waals surface area contributed by atoms with Crippen LogP contribution in [-0.4, -0.2) is 47.1 Å². The van der Waals surface area contributed by atoms with Gasteiger partial charge in [-0.1, -0.05) is 13.8 Å². The van der Waals surface area contributed by atoms with E-state index >= 15 is 0 Å². The summed E-state index contributed by atoms with van der Waals surface area (Å²) in [5, 5.41) is 0. The normalized spacial score (nSPS) is 16.6. The summed E-state index contributed by atoms with van der Waals surface area (Å²) < 4.78 is 5.11. The maximum absolute atomic E-state index is 12.2. The molecule has 0 atom stereocenters. The van der Waals surface area contributed by atoms with Gasteiger partial charge in [0.05, 0.1) is 6.54 Å². The van der Waals surface area contributed by atoms with Crippen LogP contribution in [0.1, 0.15) is 47.5 Å². The fourth-order valence-corrected chi connectivity index (χ4v) is 1.95. The lowest BCUT2D eigenvalue weighted by Crippen LogP contribution is -2.37. The van der Waals surface area contributed by atoms with E-state index in [-0.39, 0.29) is 29.9 Å². The fraction of sp³-hybridized carbons (Fsp3) is 0.733. The molecule has 21 heavy (non-hydrogen) atoms. The van der Waals surface area contributed by atoms with Gasteiger partial charge < -0.3 is 9.64 Å². The third kappa shape index (κ3) is 5.65. The molecule has 0 radical (unpaired) electrons. The van der Waals surface area contributed by atoms with E-state index in [1.165, 1.54) is 0 Å². The van der Waals surface area contributed by atoms with Crippen molar-refractivity contribution in [1.82, 2.24) is 4.90 Å². The smallest absolute Gasteiger partial charge is 0.434 e. The topological polar surface area (TPSA) is 76.0 Å². The van der Waals surface area contributed by atoms with Gasteiger partial charge in [0.2, 0.25) is 5.91 Å². The van der Waals surface area contributed by atoms with E-state index in [9.17, 15) is 14.4 Å². The van der Waals surface area contributed by atoms with Gasteiger partial charge in [0.25, 0.3) is 0 Å².